The Labute approximate surface area is 116 Å². The summed E-state index contributed by atoms with van der Waals surface area (Å²) in [4.78, 5) is 20.1. The minimum atomic E-state index is 0.472. The summed E-state index contributed by atoms with van der Waals surface area (Å²) in [5.41, 5.74) is 1.69. The zero-order valence-corrected chi connectivity index (χ0v) is 11.8. The maximum atomic E-state index is 11.3. The van der Waals surface area contributed by atoms with Crippen molar-refractivity contribution >= 4 is 17.6 Å². The first-order valence-corrected chi connectivity index (χ1v) is 7.61. The molecule has 3 rings (SSSR count). The summed E-state index contributed by atoms with van der Waals surface area (Å²) < 4.78 is 2.07. The molecule has 2 aromatic heterocycles. The molecule has 0 bridgehead atoms. The zero-order chi connectivity index (χ0) is 13.2. The van der Waals surface area contributed by atoms with Crippen molar-refractivity contribution in [3.05, 3.63) is 23.0 Å². The molecule has 0 saturated heterocycles. The van der Waals surface area contributed by atoms with Gasteiger partial charge >= 0.3 is 0 Å². The van der Waals surface area contributed by atoms with E-state index in [-0.39, 0.29) is 0 Å². The molecule has 2 aromatic rings. The van der Waals surface area contributed by atoms with Gasteiger partial charge in [-0.05, 0) is 12.8 Å². The summed E-state index contributed by atoms with van der Waals surface area (Å²) in [6, 6.07) is 0. The second-order valence-electron chi connectivity index (χ2n) is 5.05. The van der Waals surface area contributed by atoms with E-state index in [1.54, 1.807) is 17.5 Å². The molecule has 0 atom stereocenters. The van der Waals surface area contributed by atoms with Gasteiger partial charge in [0.1, 0.15) is 5.69 Å². The van der Waals surface area contributed by atoms with Gasteiger partial charge in [0.25, 0.3) is 0 Å². The van der Waals surface area contributed by atoms with Gasteiger partial charge in [0.05, 0.1) is 5.69 Å². The van der Waals surface area contributed by atoms with Crippen LogP contribution < -0.4 is 0 Å². The summed E-state index contributed by atoms with van der Waals surface area (Å²) in [7, 11) is 2.00. The molecule has 0 N–H and O–H groups in total. The highest BCUT2D eigenvalue weighted by Crippen LogP contribution is 2.36. The average molecular weight is 275 g/mol. The van der Waals surface area contributed by atoms with Crippen LogP contribution >= 0.6 is 11.3 Å². The number of imidazole rings is 1. The van der Waals surface area contributed by atoms with Gasteiger partial charge in [-0.1, -0.05) is 19.3 Å². The Morgan fingerprint density at radius 1 is 1.37 bits per heavy atom. The lowest BCUT2D eigenvalue weighted by Crippen LogP contribution is -2.11. The third-order valence-corrected chi connectivity index (χ3v) is 4.66. The van der Waals surface area contributed by atoms with Gasteiger partial charge in [-0.3, -0.25) is 4.79 Å². The molecular formula is C14H17N3OS. The van der Waals surface area contributed by atoms with Crippen LogP contribution in [0.2, 0.25) is 0 Å². The SMILES string of the molecule is Cn1c(-c2nccs2)nc(C=O)c1C1CCCCC1. The van der Waals surface area contributed by atoms with Gasteiger partial charge in [0, 0.05) is 24.5 Å². The van der Waals surface area contributed by atoms with E-state index in [0.717, 1.165) is 35.7 Å². The van der Waals surface area contributed by atoms with Gasteiger partial charge < -0.3 is 4.57 Å². The summed E-state index contributed by atoms with van der Waals surface area (Å²) in [6.45, 7) is 0. The number of carbonyl (C=O) groups is 1. The highest BCUT2D eigenvalue weighted by Gasteiger charge is 2.25. The number of aldehydes is 1. The summed E-state index contributed by atoms with van der Waals surface area (Å²) in [5, 5.41) is 2.82. The molecule has 1 fully saturated rings. The van der Waals surface area contributed by atoms with Crippen molar-refractivity contribution in [3.8, 4) is 10.8 Å². The van der Waals surface area contributed by atoms with Crippen molar-refractivity contribution in [2.45, 2.75) is 38.0 Å². The van der Waals surface area contributed by atoms with Crippen molar-refractivity contribution in [1.82, 2.24) is 14.5 Å². The monoisotopic (exact) mass is 275 g/mol. The third-order valence-electron chi connectivity index (χ3n) is 3.89. The second kappa shape index (κ2) is 5.25. The maximum Gasteiger partial charge on any atom is 0.170 e. The fourth-order valence-electron chi connectivity index (χ4n) is 3.00. The van der Waals surface area contributed by atoms with E-state index < -0.39 is 0 Å². The van der Waals surface area contributed by atoms with Crippen molar-refractivity contribution in [2.24, 2.45) is 7.05 Å². The molecule has 100 valence electrons. The fraction of sp³-hybridized carbons (Fsp3) is 0.500. The van der Waals surface area contributed by atoms with Crippen molar-refractivity contribution in [1.29, 1.82) is 0 Å². The number of aromatic nitrogens is 3. The number of thiazole rings is 1. The molecule has 5 heteroatoms. The summed E-state index contributed by atoms with van der Waals surface area (Å²) >= 11 is 1.56. The number of hydrogen-bond acceptors (Lipinski definition) is 4. The minimum Gasteiger partial charge on any atom is -0.328 e. The Balaban J connectivity index is 2.05. The Morgan fingerprint density at radius 3 is 2.79 bits per heavy atom. The van der Waals surface area contributed by atoms with E-state index in [0.29, 0.717) is 11.6 Å². The number of rotatable bonds is 3. The molecule has 19 heavy (non-hydrogen) atoms. The van der Waals surface area contributed by atoms with Crippen molar-refractivity contribution in [3.63, 3.8) is 0 Å². The first-order valence-electron chi connectivity index (χ1n) is 6.73. The van der Waals surface area contributed by atoms with Gasteiger partial charge in [-0.25, -0.2) is 9.97 Å². The molecule has 0 radical (unpaired) electrons. The van der Waals surface area contributed by atoms with Crippen LogP contribution in [0.1, 0.15) is 54.2 Å². The average Bonchev–Trinajstić information content (AvgIpc) is 3.07. The lowest BCUT2D eigenvalue weighted by Gasteiger charge is -2.22. The fourth-order valence-corrected chi connectivity index (χ4v) is 3.66. The Morgan fingerprint density at radius 2 is 2.16 bits per heavy atom. The van der Waals surface area contributed by atoms with Crippen molar-refractivity contribution < 1.29 is 4.79 Å². The quantitative estimate of drug-likeness (QED) is 0.807. The van der Waals surface area contributed by atoms with Crippen LogP contribution in [0.3, 0.4) is 0 Å². The van der Waals surface area contributed by atoms with Crippen LogP contribution in [0.4, 0.5) is 0 Å². The van der Waals surface area contributed by atoms with Crippen LogP contribution in [0, 0.1) is 0 Å². The normalized spacial score (nSPS) is 16.7. The van der Waals surface area contributed by atoms with Crippen molar-refractivity contribution in [2.75, 3.05) is 0 Å². The zero-order valence-electron chi connectivity index (χ0n) is 11.0. The molecule has 0 unspecified atom stereocenters. The maximum absolute atomic E-state index is 11.3. The molecular weight excluding hydrogens is 258 g/mol. The van der Waals surface area contributed by atoms with E-state index in [1.807, 2.05) is 12.4 Å². The van der Waals surface area contributed by atoms with Crippen LogP contribution in [0.15, 0.2) is 11.6 Å². The second-order valence-corrected chi connectivity index (χ2v) is 5.95. The van der Waals surface area contributed by atoms with E-state index in [4.69, 9.17) is 0 Å². The van der Waals surface area contributed by atoms with Gasteiger partial charge in [-0.2, -0.15) is 0 Å². The number of hydrogen-bond donors (Lipinski definition) is 0. The Kier molecular flexibility index (Phi) is 3.46. The Hall–Kier alpha value is -1.49. The predicted octanol–water partition coefficient (Wildman–Crippen LogP) is 3.40. The first kappa shape index (κ1) is 12.5. The molecule has 0 aliphatic heterocycles. The highest BCUT2D eigenvalue weighted by molar-refractivity contribution is 7.13. The highest BCUT2D eigenvalue weighted by atomic mass is 32.1. The Bertz CT molecular complexity index is 568. The summed E-state index contributed by atoms with van der Waals surface area (Å²) in [5.74, 6) is 1.29. The van der Waals surface area contributed by atoms with E-state index in [1.165, 1.54) is 19.3 Å². The van der Waals surface area contributed by atoms with Gasteiger partial charge in [0.2, 0.25) is 0 Å². The van der Waals surface area contributed by atoms with Crippen LogP contribution in [0.5, 0.6) is 0 Å². The van der Waals surface area contributed by atoms with Crippen LogP contribution in [-0.4, -0.2) is 20.8 Å². The van der Waals surface area contributed by atoms with Gasteiger partial charge in [-0.15, -0.1) is 11.3 Å². The van der Waals surface area contributed by atoms with Gasteiger partial charge in [0.15, 0.2) is 17.1 Å². The number of nitrogens with zero attached hydrogens (tertiary/aromatic N) is 3. The molecule has 0 spiro atoms. The smallest absolute Gasteiger partial charge is 0.170 e. The molecule has 1 aliphatic rings. The summed E-state index contributed by atoms with van der Waals surface area (Å²) in [6.07, 6.45) is 8.80. The topological polar surface area (TPSA) is 47.8 Å². The molecule has 1 aliphatic carbocycles. The van der Waals surface area contributed by atoms with E-state index in [2.05, 4.69) is 14.5 Å². The molecule has 0 amide bonds. The third kappa shape index (κ3) is 2.23. The number of carbonyl (C=O) groups excluding carboxylic acids is 1. The lowest BCUT2D eigenvalue weighted by molar-refractivity contribution is 0.111. The van der Waals surface area contributed by atoms with E-state index in [9.17, 15) is 4.79 Å². The first-order chi connectivity index (χ1) is 9.31. The molecule has 4 nitrogen and oxygen atoms in total. The minimum absolute atomic E-state index is 0.472. The largest absolute Gasteiger partial charge is 0.328 e. The lowest BCUT2D eigenvalue weighted by atomic mass is 9.86. The van der Waals surface area contributed by atoms with E-state index >= 15 is 0 Å². The predicted molar refractivity (Wildman–Crippen MR) is 75.5 cm³/mol. The van der Waals surface area contributed by atoms with Crippen LogP contribution in [-0.2, 0) is 7.05 Å². The molecule has 1 saturated carbocycles. The standard InChI is InChI=1S/C14H17N3OS/c1-17-12(10-5-3-2-4-6-10)11(9-18)16-13(17)14-15-7-8-19-14/h7-10H,2-6H2,1H3. The van der Waals surface area contributed by atoms with Crippen LogP contribution in [0.25, 0.3) is 10.8 Å². The molecule has 0 aromatic carbocycles. The molecule has 2 heterocycles.